The minimum Gasteiger partial charge on any atom is -0.497 e. The van der Waals surface area contributed by atoms with Gasteiger partial charge in [0.25, 0.3) is 0 Å². The number of likely N-dealkylation sites (N-methyl/N-ethyl adjacent to an activating group) is 1. The summed E-state index contributed by atoms with van der Waals surface area (Å²) in [6.07, 6.45) is 6.84. The van der Waals surface area contributed by atoms with Crippen LogP contribution in [-0.4, -0.2) is 25.0 Å². The van der Waals surface area contributed by atoms with E-state index in [1.807, 2.05) is 0 Å². The van der Waals surface area contributed by atoms with E-state index in [1.54, 1.807) is 7.11 Å². The second-order valence-corrected chi connectivity index (χ2v) is 8.78. The molecule has 0 aromatic heterocycles. The number of benzene rings is 2. The average Bonchev–Trinajstić information content (AvgIpc) is 3.08. The van der Waals surface area contributed by atoms with E-state index in [1.165, 1.54) is 28.0 Å². The van der Waals surface area contributed by atoms with Gasteiger partial charge in [-0.2, -0.15) is 0 Å². The quantitative estimate of drug-likeness (QED) is 0.831. The monoisotopic (exact) mass is 371 g/mol. The molecule has 142 valence electrons. The molecule has 2 aromatic carbocycles. The molecule has 4 nitrogen and oxygen atoms in total. The van der Waals surface area contributed by atoms with E-state index in [0.717, 1.165) is 31.4 Å². The molecular formula is C24H25N3O. The zero-order valence-electron chi connectivity index (χ0n) is 16.4. The lowest BCUT2D eigenvalue weighted by Crippen LogP contribution is -2.46. The van der Waals surface area contributed by atoms with Crippen LogP contribution in [-0.2, 0) is 18.4 Å². The predicted molar refractivity (Wildman–Crippen MR) is 110 cm³/mol. The van der Waals surface area contributed by atoms with Crippen molar-refractivity contribution >= 4 is 5.96 Å². The number of nitrogens with zero attached hydrogens (tertiary/aromatic N) is 2. The smallest absolute Gasteiger partial charge is 0.196 e. The number of aliphatic imine (C=N–C) groups is 1. The van der Waals surface area contributed by atoms with Gasteiger partial charge in [0.2, 0.25) is 0 Å². The molecule has 0 radical (unpaired) electrons. The van der Waals surface area contributed by atoms with Gasteiger partial charge in [0.1, 0.15) is 11.3 Å². The number of rotatable bonds is 1. The van der Waals surface area contributed by atoms with E-state index >= 15 is 0 Å². The summed E-state index contributed by atoms with van der Waals surface area (Å²) in [6, 6.07) is 15.5. The van der Waals surface area contributed by atoms with Crippen LogP contribution in [0.3, 0.4) is 0 Å². The highest BCUT2D eigenvalue weighted by Gasteiger charge is 2.65. The predicted octanol–water partition coefficient (Wildman–Crippen LogP) is 3.71. The third kappa shape index (κ3) is 1.74. The second-order valence-electron chi connectivity index (χ2n) is 8.78. The third-order valence-electron chi connectivity index (χ3n) is 7.66. The fraction of sp³-hybridized carbons (Fsp3) is 0.375. The molecule has 2 spiro atoms. The van der Waals surface area contributed by atoms with Crippen molar-refractivity contribution in [2.75, 3.05) is 14.2 Å². The number of hydrogen-bond acceptors (Lipinski definition) is 4. The Morgan fingerprint density at radius 2 is 2.04 bits per heavy atom. The molecule has 1 heterocycles. The molecule has 28 heavy (non-hydrogen) atoms. The van der Waals surface area contributed by atoms with Crippen LogP contribution in [0.1, 0.15) is 41.0 Å². The molecule has 0 saturated heterocycles. The van der Waals surface area contributed by atoms with Crippen LogP contribution in [0.4, 0.5) is 0 Å². The average molecular weight is 371 g/mol. The highest BCUT2D eigenvalue weighted by molar-refractivity contribution is 5.85. The van der Waals surface area contributed by atoms with E-state index in [2.05, 4.69) is 60.5 Å². The molecule has 2 N–H and O–H groups in total. The fourth-order valence-electron chi connectivity index (χ4n) is 6.40. The first kappa shape index (κ1) is 16.2. The number of ether oxygens (including phenoxy) is 1. The summed E-state index contributed by atoms with van der Waals surface area (Å²) in [5, 5.41) is 0. The maximum atomic E-state index is 6.43. The topological polar surface area (TPSA) is 50.9 Å². The number of nitrogens with two attached hydrogens (primary N) is 1. The molecule has 0 fully saturated rings. The number of allylic oxidation sites excluding steroid dienone is 1. The highest BCUT2D eigenvalue weighted by Crippen LogP contribution is 2.68. The van der Waals surface area contributed by atoms with E-state index in [-0.39, 0.29) is 11.0 Å². The van der Waals surface area contributed by atoms with E-state index < -0.39 is 0 Å². The molecule has 3 atom stereocenters. The van der Waals surface area contributed by atoms with Gasteiger partial charge in [-0.05, 0) is 60.1 Å². The first-order valence-corrected chi connectivity index (χ1v) is 10.1. The Kier molecular flexibility index (Phi) is 3.01. The Balaban J connectivity index is 1.65. The van der Waals surface area contributed by atoms with Crippen molar-refractivity contribution in [2.24, 2.45) is 16.1 Å². The molecule has 3 aliphatic carbocycles. The van der Waals surface area contributed by atoms with Crippen LogP contribution in [0, 0.1) is 5.41 Å². The van der Waals surface area contributed by atoms with Crippen LogP contribution in [0.2, 0.25) is 0 Å². The van der Waals surface area contributed by atoms with Crippen molar-refractivity contribution in [3.8, 4) is 5.75 Å². The van der Waals surface area contributed by atoms with Crippen molar-refractivity contribution in [1.29, 1.82) is 0 Å². The van der Waals surface area contributed by atoms with Crippen LogP contribution < -0.4 is 10.5 Å². The van der Waals surface area contributed by atoms with Crippen molar-refractivity contribution in [1.82, 2.24) is 4.90 Å². The first-order chi connectivity index (χ1) is 13.6. The second kappa shape index (κ2) is 5.19. The highest BCUT2D eigenvalue weighted by atomic mass is 16.5. The third-order valence-corrected chi connectivity index (χ3v) is 7.66. The number of hydrogen-bond donors (Lipinski definition) is 1. The minimum atomic E-state index is -0.381. The summed E-state index contributed by atoms with van der Waals surface area (Å²) < 4.78 is 5.58. The summed E-state index contributed by atoms with van der Waals surface area (Å²) in [5.74, 6) is 1.94. The zero-order chi connectivity index (χ0) is 19.1. The SMILES string of the molecule is COc1ccc2c(c1)C13N=C(N)N(C)C1=CC1CC3(CCc3ccccc31)C2. The van der Waals surface area contributed by atoms with Gasteiger partial charge in [-0.25, -0.2) is 4.99 Å². The summed E-state index contributed by atoms with van der Waals surface area (Å²) in [6.45, 7) is 0. The maximum absolute atomic E-state index is 6.43. The van der Waals surface area contributed by atoms with Crippen molar-refractivity contribution in [2.45, 2.75) is 37.1 Å². The van der Waals surface area contributed by atoms with E-state index in [9.17, 15) is 0 Å². The maximum Gasteiger partial charge on any atom is 0.196 e. The molecule has 6 rings (SSSR count). The van der Waals surface area contributed by atoms with Gasteiger partial charge < -0.3 is 15.4 Å². The van der Waals surface area contributed by atoms with Crippen LogP contribution >= 0.6 is 0 Å². The summed E-state index contributed by atoms with van der Waals surface area (Å²) in [4.78, 5) is 7.33. The first-order valence-electron chi connectivity index (χ1n) is 10.1. The Morgan fingerprint density at radius 1 is 1.18 bits per heavy atom. The molecule has 2 aromatic rings. The van der Waals surface area contributed by atoms with Gasteiger partial charge in [0, 0.05) is 18.4 Å². The minimum absolute atomic E-state index is 0.0604. The Bertz CT molecular complexity index is 1070. The lowest BCUT2D eigenvalue weighted by molar-refractivity contribution is 0.123. The Labute approximate surface area is 165 Å². The molecule has 4 aliphatic rings. The Morgan fingerprint density at radius 3 is 2.89 bits per heavy atom. The van der Waals surface area contributed by atoms with Gasteiger partial charge in [0.05, 0.1) is 12.8 Å². The van der Waals surface area contributed by atoms with Gasteiger partial charge in [0.15, 0.2) is 5.96 Å². The fourth-order valence-corrected chi connectivity index (χ4v) is 6.40. The standard InChI is InChI=1S/C24H25N3O/c1-27-21-11-17-14-23(10-9-15-5-3-4-6-19(15)17)13-16-7-8-18(28-2)12-20(16)24(21,23)26-22(27)25/h3-8,11-12,17H,9-10,13-14H2,1-2H3,(H2,25,26). The Hall–Kier alpha value is -2.75. The van der Waals surface area contributed by atoms with Crippen LogP contribution in [0.15, 0.2) is 59.2 Å². The molecule has 0 saturated carbocycles. The van der Waals surface area contributed by atoms with Gasteiger partial charge in [-0.15, -0.1) is 0 Å². The molecule has 0 amide bonds. The normalized spacial score (nSPS) is 31.8. The zero-order valence-corrected chi connectivity index (χ0v) is 16.4. The number of fused-ring (bicyclic) bond motifs is 4. The summed E-state index contributed by atoms with van der Waals surface area (Å²) in [7, 11) is 3.80. The van der Waals surface area contributed by atoms with Gasteiger partial charge >= 0.3 is 0 Å². The number of aryl methyl sites for hydroxylation is 1. The lowest BCUT2D eigenvalue weighted by atomic mass is 9.59. The van der Waals surface area contributed by atoms with Crippen LogP contribution in [0.25, 0.3) is 0 Å². The molecular weight excluding hydrogens is 346 g/mol. The van der Waals surface area contributed by atoms with Gasteiger partial charge in [-0.1, -0.05) is 36.4 Å². The summed E-state index contributed by atoms with van der Waals surface area (Å²) >= 11 is 0. The van der Waals surface area contributed by atoms with Crippen molar-refractivity contribution < 1.29 is 4.74 Å². The summed E-state index contributed by atoms with van der Waals surface area (Å²) in [5.41, 5.74) is 13.0. The lowest BCUT2D eigenvalue weighted by Gasteiger charge is -2.47. The van der Waals surface area contributed by atoms with Crippen molar-refractivity contribution in [3.63, 3.8) is 0 Å². The van der Waals surface area contributed by atoms with Crippen LogP contribution in [0.5, 0.6) is 5.75 Å². The molecule has 2 bridgehead atoms. The number of guanidine groups is 1. The molecule has 4 heteroatoms. The number of methoxy groups -OCH3 is 1. The largest absolute Gasteiger partial charge is 0.497 e. The van der Waals surface area contributed by atoms with E-state index in [4.69, 9.17) is 15.5 Å². The molecule has 1 aliphatic heterocycles. The van der Waals surface area contributed by atoms with Crippen molar-refractivity contribution in [3.05, 3.63) is 76.5 Å². The van der Waals surface area contributed by atoms with Gasteiger partial charge in [-0.3, -0.25) is 0 Å². The van der Waals surface area contributed by atoms with E-state index in [0.29, 0.717) is 11.9 Å². The molecule has 3 unspecified atom stereocenters.